The highest BCUT2D eigenvalue weighted by Crippen LogP contribution is 2.34. The molecule has 0 atom stereocenters. The first-order valence-corrected chi connectivity index (χ1v) is 7.68. The van der Waals surface area contributed by atoms with Crippen molar-refractivity contribution in [2.45, 2.75) is 11.3 Å². The fourth-order valence-corrected chi connectivity index (χ4v) is 2.49. The molecule has 1 aromatic heterocycles. The van der Waals surface area contributed by atoms with Crippen molar-refractivity contribution in [2.24, 2.45) is 0 Å². The van der Waals surface area contributed by atoms with E-state index in [9.17, 15) is 13.2 Å². The summed E-state index contributed by atoms with van der Waals surface area (Å²) in [6, 6.07) is 5.01. The van der Waals surface area contributed by atoms with Crippen LogP contribution in [0, 0.1) is 3.57 Å². The molecule has 0 aliphatic rings. The predicted octanol–water partition coefficient (Wildman–Crippen LogP) is 4.07. The number of hydrogen-bond acceptors (Lipinski definition) is 4. The van der Waals surface area contributed by atoms with Gasteiger partial charge in [-0.3, -0.25) is 0 Å². The van der Waals surface area contributed by atoms with Crippen LogP contribution in [0.5, 0.6) is 0 Å². The van der Waals surface area contributed by atoms with E-state index in [1.165, 1.54) is 17.8 Å². The molecule has 106 valence electrons. The van der Waals surface area contributed by atoms with Crippen molar-refractivity contribution < 1.29 is 13.2 Å². The standard InChI is InChI=1S/C12H9F3IN3S/c1-20-11-18-9(8(16)10(17)19-11)6-3-2-4-7(5-6)12(13,14)15/h2-5H,1H3,(H2,17,18,19). The maximum atomic E-state index is 12.7. The average Bonchev–Trinajstić information content (AvgIpc) is 2.41. The number of rotatable bonds is 2. The Hall–Kier alpha value is -1.03. The second-order valence-electron chi connectivity index (χ2n) is 3.84. The second kappa shape index (κ2) is 5.76. The number of benzene rings is 1. The van der Waals surface area contributed by atoms with E-state index in [-0.39, 0.29) is 5.82 Å². The molecule has 2 aromatic rings. The molecule has 0 saturated carbocycles. The van der Waals surface area contributed by atoms with Crippen molar-refractivity contribution in [3.63, 3.8) is 0 Å². The third-order valence-electron chi connectivity index (χ3n) is 2.50. The number of hydrogen-bond donors (Lipinski definition) is 1. The lowest BCUT2D eigenvalue weighted by molar-refractivity contribution is -0.137. The molecule has 0 unspecified atom stereocenters. The van der Waals surface area contributed by atoms with Gasteiger partial charge in [0.05, 0.1) is 14.8 Å². The summed E-state index contributed by atoms with van der Waals surface area (Å²) in [5.41, 5.74) is 5.83. The normalized spacial score (nSPS) is 11.7. The molecule has 0 amide bonds. The maximum absolute atomic E-state index is 12.7. The van der Waals surface area contributed by atoms with E-state index in [0.717, 1.165) is 12.1 Å². The predicted molar refractivity (Wildman–Crippen MR) is 81.4 cm³/mol. The third-order valence-corrected chi connectivity index (χ3v) is 4.11. The monoisotopic (exact) mass is 411 g/mol. The summed E-state index contributed by atoms with van der Waals surface area (Å²) in [5, 5.41) is 0.426. The molecular formula is C12H9F3IN3S. The van der Waals surface area contributed by atoms with Gasteiger partial charge < -0.3 is 5.73 Å². The number of nitrogens with zero attached hydrogens (tertiary/aromatic N) is 2. The number of aromatic nitrogens is 2. The van der Waals surface area contributed by atoms with E-state index >= 15 is 0 Å². The number of thioether (sulfide) groups is 1. The van der Waals surface area contributed by atoms with Gasteiger partial charge in [-0.05, 0) is 41.0 Å². The van der Waals surface area contributed by atoms with Crippen LogP contribution in [0.15, 0.2) is 29.4 Å². The Kier molecular flexibility index (Phi) is 4.43. The molecule has 2 N–H and O–H groups in total. The topological polar surface area (TPSA) is 51.8 Å². The van der Waals surface area contributed by atoms with Crippen molar-refractivity contribution >= 4 is 40.2 Å². The van der Waals surface area contributed by atoms with E-state index in [1.807, 2.05) is 22.6 Å². The van der Waals surface area contributed by atoms with Crippen LogP contribution in [0.25, 0.3) is 11.3 Å². The van der Waals surface area contributed by atoms with E-state index in [4.69, 9.17) is 5.73 Å². The van der Waals surface area contributed by atoms with Gasteiger partial charge in [-0.2, -0.15) is 13.2 Å². The number of nitrogen functional groups attached to an aromatic ring is 1. The Morgan fingerprint density at radius 3 is 2.55 bits per heavy atom. The molecule has 0 aliphatic carbocycles. The zero-order valence-corrected chi connectivity index (χ0v) is 13.2. The molecular weight excluding hydrogens is 402 g/mol. The van der Waals surface area contributed by atoms with Crippen molar-refractivity contribution in [2.75, 3.05) is 12.0 Å². The van der Waals surface area contributed by atoms with E-state index in [2.05, 4.69) is 9.97 Å². The molecule has 2 rings (SSSR count). The molecule has 1 aromatic carbocycles. The van der Waals surface area contributed by atoms with Gasteiger partial charge in [0.2, 0.25) is 0 Å². The number of halogens is 4. The Bertz CT molecular complexity index is 646. The third kappa shape index (κ3) is 3.17. The van der Waals surface area contributed by atoms with E-state index in [1.54, 1.807) is 12.3 Å². The van der Waals surface area contributed by atoms with Crippen molar-refractivity contribution in [3.8, 4) is 11.3 Å². The largest absolute Gasteiger partial charge is 0.416 e. The van der Waals surface area contributed by atoms with Crippen LogP contribution in [0.2, 0.25) is 0 Å². The fourth-order valence-electron chi connectivity index (χ4n) is 1.57. The summed E-state index contributed by atoms with van der Waals surface area (Å²) >= 11 is 3.22. The van der Waals surface area contributed by atoms with Gasteiger partial charge >= 0.3 is 6.18 Å². The Morgan fingerprint density at radius 1 is 1.25 bits per heavy atom. The molecule has 0 spiro atoms. The van der Waals surface area contributed by atoms with Crippen molar-refractivity contribution in [1.82, 2.24) is 9.97 Å². The summed E-state index contributed by atoms with van der Waals surface area (Å²) < 4.78 is 38.8. The van der Waals surface area contributed by atoms with Crippen molar-refractivity contribution in [1.29, 1.82) is 0 Å². The van der Waals surface area contributed by atoms with Crippen LogP contribution in [0.4, 0.5) is 19.0 Å². The van der Waals surface area contributed by atoms with E-state index in [0.29, 0.717) is 20.0 Å². The minimum Gasteiger partial charge on any atom is -0.383 e. The van der Waals surface area contributed by atoms with Gasteiger partial charge in [-0.15, -0.1) is 0 Å². The molecule has 0 saturated heterocycles. The maximum Gasteiger partial charge on any atom is 0.416 e. The number of nitrogens with two attached hydrogens (primary N) is 1. The number of anilines is 1. The minimum atomic E-state index is -4.39. The Balaban J connectivity index is 2.60. The zero-order valence-electron chi connectivity index (χ0n) is 10.2. The zero-order chi connectivity index (χ0) is 14.9. The molecule has 0 aliphatic heterocycles. The van der Waals surface area contributed by atoms with Crippen LogP contribution in [-0.2, 0) is 6.18 Å². The van der Waals surface area contributed by atoms with Crippen LogP contribution >= 0.6 is 34.4 Å². The molecule has 20 heavy (non-hydrogen) atoms. The first kappa shape index (κ1) is 15.4. The number of alkyl halides is 3. The Morgan fingerprint density at radius 2 is 1.95 bits per heavy atom. The molecule has 3 nitrogen and oxygen atoms in total. The first-order chi connectivity index (χ1) is 9.32. The molecule has 0 fully saturated rings. The van der Waals surface area contributed by atoms with Gasteiger partial charge in [0.1, 0.15) is 5.82 Å². The summed E-state index contributed by atoms with van der Waals surface area (Å²) in [6.45, 7) is 0. The van der Waals surface area contributed by atoms with Crippen LogP contribution in [0.1, 0.15) is 5.56 Å². The van der Waals surface area contributed by atoms with Crippen LogP contribution in [0.3, 0.4) is 0 Å². The molecule has 0 bridgehead atoms. The lowest BCUT2D eigenvalue weighted by Crippen LogP contribution is -2.06. The first-order valence-electron chi connectivity index (χ1n) is 5.37. The highest BCUT2D eigenvalue weighted by Gasteiger charge is 2.30. The second-order valence-corrected chi connectivity index (χ2v) is 5.69. The SMILES string of the molecule is CSc1nc(N)c(I)c(-c2cccc(C(F)(F)F)c2)n1. The fraction of sp³-hybridized carbons (Fsp3) is 0.167. The van der Waals surface area contributed by atoms with Crippen molar-refractivity contribution in [3.05, 3.63) is 33.4 Å². The van der Waals surface area contributed by atoms with Crippen LogP contribution in [-0.4, -0.2) is 16.2 Å². The lowest BCUT2D eigenvalue weighted by Gasteiger charge is -2.11. The van der Waals surface area contributed by atoms with Gasteiger partial charge in [0, 0.05) is 5.56 Å². The summed E-state index contributed by atoms with van der Waals surface area (Å²) in [4.78, 5) is 8.29. The minimum absolute atomic E-state index is 0.261. The lowest BCUT2D eigenvalue weighted by atomic mass is 10.1. The molecule has 0 radical (unpaired) electrons. The van der Waals surface area contributed by atoms with Gasteiger partial charge in [0.15, 0.2) is 5.16 Å². The van der Waals surface area contributed by atoms with Gasteiger partial charge in [-0.1, -0.05) is 23.9 Å². The van der Waals surface area contributed by atoms with Crippen LogP contribution < -0.4 is 5.73 Å². The van der Waals surface area contributed by atoms with Gasteiger partial charge in [-0.25, -0.2) is 9.97 Å². The molecule has 1 heterocycles. The Labute approximate surface area is 131 Å². The summed E-state index contributed by atoms with van der Waals surface area (Å²) in [5.74, 6) is 0.261. The average molecular weight is 411 g/mol. The van der Waals surface area contributed by atoms with E-state index < -0.39 is 11.7 Å². The summed E-state index contributed by atoms with van der Waals surface area (Å²) in [7, 11) is 0. The highest BCUT2D eigenvalue weighted by atomic mass is 127. The quantitative estimate of drug-likeness (QED) is 0.460. The summed E-state index contributed by atoms with van der Waals surface area (Å²) in [6.07, 6.45) is -2.61. The smallest absolute Gasteiger partial charge is 0.383 e. The van der Waals surface area contributed by atoms with Gasteiger partial charge in [0.25, 0.3) is 0 Å². The highest BCUT2D eigenvalue weighted by molar-refractivity contribution is 14.1. The molecule has 8 heteroatoms.